The summed E-state index contributed by atoms with van der Waals surface area (Å²) in [6, 6.07) is 33.9. The normalized spacial score (nSPS) is 27.3. The zero-order valence-corrected chi connectivity index (χ0v) is 36.2. The monoisotopic (exact) mass is 828 g/mol. The van der Waals surface area contributed by atoms with Crippen LogP contribution < -0.4 is 15.1 Å². The lowest BCUT2D eigenvalue weighted by Gasteiger charge is -2.60. The summed E-state index contributed by atoms with van der Waals surface area (Å²) in [5, 5.41) is 1.91. The molecule has 4 aromatic carbocycles. The van der Waals surface area contributed by atoms with Gasteiger partial charge in [-0.2, -0.15) is 0 Å². The molecule has 0 aromatic heterocycles. The molecule has 3 fully saturated rings. The van der Waals surface area contributed by atoms with Crippen LogP contribution in [0.1, 0.15) is 89.0 Å². The third kappa shape index (κ3) is 8.02. The third-order valence-corrected chi connectivity index (χ3v) is 17.4. The molecule has 1 saturated carbocycles. The number of benzene rings is 4. The first-order valence-electron chi connectivity index (χ1n) is 20.5. The molecule has 7 rings (SSSR count). The molecule has 0 bridgehead atoms. The first-order valence-corrected chi connectivity index (χ1v) is 22.8. The van der Waals surface area contributed by atoms with E-state index in [9.17, 15) is 9.59 Å². The number of hydrogen-bond acceptors (Lipinski definition) is 9. The van der Waals surface area contributed by atoms with Crippen LogP contribution in [0.15, 0.2) is 103 Å². The van der Waals surface area contributed by atoms with E-state index in [1.165, 1.54) is 6.92 Å². The average Bonchev–Trinajstić information content (AvgIpc) is 3.24. The molecule has 4 aromatic rings. The summed E-state index contributed by atoms with van der Waals surface area (Å²) in [7, 11) is -0.121. The summed E-state index contributed by atoms with van der Waals surface area (Å²) in [6.45, 7) is 8.25. The molecule has 58 heavy (non-hydrogen) atoms. The van der Waals surface area contributed by atoms with E-state index in [2.05, 4.69) is 13.8 Å². The van der Waals surface area contributed by atoms with Gasteiger partial charge in [0.2, 0.25) is 11.6 Å². The number of methoxy groups -OCH3 is 2. The Morgan fingerprint density at radius 2 is 1.45 bits per heavy atom. The fourth-order valence-corrected chi connectivity index (χ4v) is 13.4. The molecule has 310 valence electrons. The maximum atomic E-state index is 13.1. The van der Waals surface area contributed by atoms with Crippen LogP contribution >= 0.6 is 11.6 Å². The van der Waals surface area contributed by atoms with Gasteiger partial charge >= 0.3 is 5.97 Å². The summed E-state index contributed by atoms with van der Waals surface area (Å²) >= 11 is 6.87. The van der Waals surface area contributed by atoms with Crippen molar-refractivity contribution < 1.29 is 42.7 Å². The molecule has 11 heteroatoms. The second kappa shape index (κ2) is 17.6. The molecular weight excluding hydrogens is 772 g/mol. The Labute approximate surface area is 349 Å². The van der Waals surface area contributed by atoms with E-state index in [1.54, 1.807) is 14.2 Å². The van der Waals surface area contributed by atoms with Crippen LogP contribution in [0, 0.1) is 0 Å². The van der Waals surface area contributed by atoms with Crippen molar-refractivity contribution >= 4 is 36.3 Å². The van der Waals surface area contributed by atoms with Gasteiger partial charge in [0.15, 0.2) is 6.10 Å². The lowest BCUT2D eigenvalue weighted by Crippen LogP contribution is -2.74. The van der Waals surface area contributed by atoms with Crippen LogP contribution in [-0.2, 0) is 39.6 Å². The molecule has 9 nitrogen and oxygen atoms in total. The van der Waals surface area contributed by atoms with E-state index < -0.39 is 61.4 Å². The fourth-order valence-electron chi connectivity index (χ4n) is 9.44. The molecule has 1 N–H and O–H groups in total. The van der Waals surface area contributed by atoms with Gasteiger partial charge in [-0.05, 0) is 89.3 Å². The Bertz CT molecular complexity index is 1960. The molecule has 2 aliphatic heterocycles. The van der Waals surface area contributed by atoms with Gasteiger partial charge in [0.05, 0.1) is 12.7 Å². The summed E-state index contributed by atoms with van der Waals surface area (Å²) in [4.78, 5) is 26.0. The Hall–Kier alpha value is -3.58. The van der Waals surface area contributed by atoms with Crippen molar-refractivity contribution in [1.29, 1.82) is 0 Å². The van der Waals surface area contributed by atoms with Crippen molar-refractivity contribution in [2.24, 2.45) is 0 Å². The number of fused-ring (bicyclic) bond motifs is 2. The van der Waals surface area contributed by atoms with E-state index in [-0.39, 0.29) is 0 Å². The lowest BCUT2D eigenvalue weighted by atomic mass is 9.81. The number of esters is 1. The minimum absolute atomic E-state index is 0.468. The van der Waals surface area contributed by atoms with Gasteiger partial charge in [0, 0.05) is 39.0 Å². The van der Waals surface area contributed by atoms with E-state index in [1.807, 2.05) is 110 Å². The Kier molecular flexibility index (Phi) is 12.9. The highest BCUT2D eigenvalue weighted by Gasteiger charge is 2.67. The quantitative estimate of drug-likeness (QED) is 0.1000. The Balaban J connectivity index is 1.28. The smallest absolute Gasteiger partial charge is 0.303 e. The van der Waals surface area contributed by atoms with Crippen molar-refractivity contribution in [2.75, 3.05) is 20.8 Å². The van der Waals surface area contributed by atoms with Gasteiger partial charge in [-0.15, -0.1) is 0 Å². The SMILES string of the molecule is CCOc1ccc(Cc2cc(C3OC(CCC(C)(C)[Si](O)(c4ccccc4)c4ccccc4)C4OC5(OC)CCCCC5(OC)OC4C3OC(C)=O)ccc2Cl)cc1. The highest BCUT2D eigenvalue weighted by molar-refractivity contribution is 6.98. The minimum Gasteiger partial charge on any atom is -0.494 e. The molecule has 2 saturated heterocycles. The topological polar surface area (TPSA) is 102 Å². The van der Waals surface area contributed by atoms with Crippen molar-refractivity contribution in [3.05, 3.63) is 125 Å². The molecule has 1 aliphatic carbocycles. The minimum atomic E-state index is -3.36. The molecule has 0 radical (unpaired) electrons. The largest absolute Gasteiger partial charge is 0.494 e. The number of ether oxygens (including phenoxy) is 7. The highest BCUT2D eigenvalue weighted by Crippen LogP contribution is 2.54. The van der Waals surface area contributed by atoms with Crippen LogP contribution in [0.3, 0.4) is 0 Å². The fraction of sp³-hybridized carbons (Fsp3) is 0.468. The van der Waals surface area contributed by atoms with E-state index in [4.69, 9.17) is 44.8 Å². The second-order valence-corrected chi connectivity index (χ2v) is 20.8. The maximum absolute atomic E-state index is 13.1. The second-order valence-electron chi connectivity index (χ2n) is 16.4. The Morgan fingerprint density at radius 3 is 2.00 bits per heavy atom. The molecule has 7 atom stereocenters. The van der Waals surface area contributed by atoms with Gasteiger partial charge in [-0.1, -0.05) is 110 Å². The number of hydrogen-bond donors (Lipinski definition) is 1. The molecule has 0 amide bonds. The van der Waals surface area contributed by atoms with Crippen molar-refractivity contribution in [1.82, 2.24) is 0 Å². The lowest BCUT2D eigenvalue weighted by molar-refractivity contribution is -0.490. The number of halogens is 1. The maximum Gasteiger partial charge on any atom is 0.303 e. The molecule has 2 heterocycles. The predicted octanol–water partition coefficient (Wildman–Crippen LogP) is 8.06. The van der Waals surface area contributed by atoms with Gasteiger partial charge in [0.1, 0.15) is 24.1 Å². The Morgan fingerprint density at radius 1 is 0.862 bits per heavy atom. The zero-order valence-electron chi connectivity index (χ0n) is 34.4. The van der Waals surface area contributed by atoms with Gasteiger partial charge in [-0.3, -0.25) is 4.79 Å². The zero-order chi connectivity index (χ0) is 41.1. The van der Waals surface area contributed by atoms with E-state index >= 15 is 0 Å². The van der Waals surface area contributed by atoms with Gasteiger partial charge < -0.3 is 38.0 Å². The summed E-state index contributed by atoms with van der Waals surface area (Å²) in [5.74, 6) is -2.11. The van der Waals surface area contributed by atoms with Crippen LogP contribution in [0.4, 0.5) is 0 Å². The van der Waals surface area contributed by atoms with Crippen molar-refractivity contribution in [3.63, 3.8) is 0 Å². The average molecular weight is 830 g/mol. The number of rotatable bonds is 14. The molecular formula is C47H57ClO9Si. The highest BCUT2D eigenvalue weighted by atomic mass is 35.5. The number of carbonyl (C=O) groups is 1. The summed E-state index contributed by atoms with van der Waals surface area (Å²) in [6.07, 6.45) is 0.796. The summed E-state index contributed by atoms with van der Waals surface area (Å²) < 4.78 is 45.8. The third-order valence-electron chi connectivity index (χ3n) is 12.5. The van der Waals surface area contributed by atoms with Crippen LogP contribution in [0.2, 0.25) is 10.1 Å². The van der Waals surface area contributed by atoms with Crippen LogP contribution in [0.5, 0.6) is 5.75 Å². The standard InChI is InChI=1S/C47H57ClO9Si/c1-7-53-36-23-20-33(21-24-36)30-35-31-34(22-25-39(35)48)41-43(54-32(2)49)44-42(56-46(51-5)27-14-15-28-47(46,52-6)57-44)40(55-41)26-29-45(3,4)58(50,37-16-10-8-11-17-37)38-18-12-9-13-19-38/h8-13,16-25,31,40-44,50H,7,14-15,26-30H2,1-6H3. The number of carbonyl (C=O) groups excluding carboxylic acids is 1. The van der Waals surface area contributed by atoms with Crippen molar-refractivity contribution in [2.45, 2.75) is 120 Å². The predicted molar refractivity (Wildman–Crippen MR) is 226 cm³/mol. The summed E-state index contributed by atoms with van der Waals surface area (Å²) in [5.41, 5.74) is 2.76. The van der Waals surface area contributed by atoms with E-state index in [0.717, 1.165) is 45.7 Å². The van der Waals surface area contributed by atoms with Crippen molar-refractivity contribution in [3.8, 4) is 5.75 Å². The molecule has 0 spiro atoms. The first kappa shape index (κ1) is 42.5. The van der Waals surface area contributed by atoms with E-state index in [0.29, 0.717) is 43.7 Å². The molecule has 3 aliphatic rings. The van der Waals surface area contributed by atoms with Gasteiger partial charge in [0.25, 0.3) is 8.32 Å². The van der Waals surface area contributed by atoms with Gasteiger partial charge in [-0.25, -0.2) is 0 Å². The van der Waals surface area contributed by atoms with Crippen LogP contribution in [-0.4, -0.2) is 75.9 Å². The van der Waals surface area contributed by atoms with Crippen LogP contribution in [0.25, 0.3) is 0 Å². The first-order chi connectivity index (χ1) is 27.9. The molecule has 7 unspecified atom stereocenters.